The number of amides is 1. The number of nitrogens with zero attached hydrogens (tertiary/aromatic N) is 4. The van der Waals surface area contributed by atoms with Gasteiger partial charge in [0.15, 0.2) is 0 Å². The second-order valence-corrected chi connectivity index (χ2v) is 6.97. The van der Waals surface area contributed by atoms with Crippen molar-refractivity contribution in [2.45, 2.75) is 39.3 Å². The number of aromatic nitrogens is 4. The summed E-state index contributed by atoms with van der Waals surface area (Å²) in [5, 5.41) is 11.5. The van der Waals surface area contributed by atoms with E-state index in [1.165, 1.54) is 5.56 Å². The predicted molar refractivity (Wildman–Crippen MR) is 97.5 cm³/mol. The van der Waals surface area contributed by atoms with Crippen molar-refractivity contribution in [1.82, 2.24) is 19.6 Å². The monoisotopic (exact) mass is 337 g/mol. The van der Waals surface area contributed by atoms with Gasteiger partial charge in [-0.05, 0) is 32.8 Å². The van der Waals surface area contributed by atoms with E-state index in [0.717, 1.165) is 6.42 Å². The van der Waals surface area contributed by atoms with Gasteiger partial charge < -0.3 is 5.32 Å². The molecule has 0 saturated carbocycles. The molecule has 25 heavy (non-hydrogen) atoms. The van der Waals surface area contributed by atoms with Gasteiger partial charge in [0.2, 0.25) is 0 Å². The molecular weight excluding hydrogens is 314 g/mol. The molecular formula is C19H23N5O. The number of rotatable bonds is 5. The lowest BCUT2D eigenvalue weighted by Gasteiger charge is -2.18. The van der Waals surface area contributed by atoms with Crippen LogP contribution in [0.4, 0.5) is 5.82 Å². The second kappa shape index (κ2) is 6.93. The summed E-state index contributed by atoms with van der Waals surface area (Å²) in [4.78, 5) is 12.5. The van der Waals surface area contributed by atoms with E-state index in [0.29, 0.717) is 17.9 Å². The molecule has 3 aromatic rings. The van der Waals surface area contributed by atoms with Crippen molar-refractivity contribution < 1.29 is 4.79 Å². The molecule has 0 aliphatic heterocycles. The highest BCUT2D eigenvalue weighted by atomic mass is 16.1. The quantitative estimate of drug-likeness (QED) is 0.777. The lowest BCUT2D eigenvalue weighted by Crippen LogP contribution is -2.22. The minimum absolute atomic E-state index is 0.157. The molecule has 0 spiro atoms. The van der Waals surface area contributed by atoms with Gasteiger partial charge in [0, 0.05) is 18.8 Å². The van der Waals surface area contributed by atoms with Gasteiger partial charge >= 0.3 is 0 Å². The van der Waals surface area contributed by atoms with Crippen LogP contribution in [-0.4, -0.2) is 25.5 Å². The standard InChI is InChI=1S/C19H23N5O/c1-19(2,3)24-14-16(13-21-24)18(25)22-17-9-11-20-23(17)12-10-15-7-5-4-6-8-15/h4-9,11,13-14H,10,12H2,1-3H3,(H,22,25). The molecule has 0 aliphatic carbocycles. The van der Waals surface area contributed by atoms with Gasteiger partial charge in [-0.2, -0.15) is 10.2 Å². The van der Waals surface area contributed by atoms with Crippen LogP contribution in [0, 0.1) is 0 Å². The number of hydrogen-bond acceptors (Lipinski definition) is 3. The first kappa shape index (κ1) is 17.0. The third-order valence-electron chi connectivity index (χ3n) is 3.95. The minimum Gasteiger partial charge on any atom is -0.307 e. The lowest BCUT2D eigenvalue weighted by atomic mass is 10.1. The maximum Gasteiger partial charge on any atom is 0.259 e. The van der Waals surface area contributed by atoms with Crippen molar-refractivity contribution in [2.75, 3.05) is 5.32 Å². The maximum atomic E-state index is 12.5. The summed E-state index contributed by atoms with van der Waals surface area (Å²) < 4.78 is 3.59. The van der Waals surface area contributed by atoms with Crippen LogP contribution in [0.1, 0.15) is 36.7 Å². The number of nitrogens with one attached hydrogen (secondary N) is 1. The summed E-state index contributed by atoms with van der Waals surface area (Å²) in [5.74, 6) is 0.501. The Morgan fingerprint density at radius 2 is 1.88 bits per heavy atom. The molecule has 0 radical (unpaired) electrons. The highest BCUT2D eigenvalue weighted by molar-refractivity contribution is 6.03. The van der Waals surface area contributed by atoms with Crippen molar-refractivity contribution in [3.05, 3.63) is 66.1 Å². The Hall–Kier alpha value is -2.89. The molecule has 0 aliphatic rings. The first-order valence-electron chi connectivity index (χ1n) is 8.36. The lowest BCUT2D eigenvalue weighted by molar-refractivity contribution is 0.102. The van der Waals surface area contributed by atoms with Crippen molar-refractivity contribution in [3.63, 3.8) is 0 Å². The minimum atomic E-state index is -0.183. The van der Waals surface area contributed by atoms with Gasteiger partial charge in [-0.25, -0.2) is 4.68 Å². The van der Waals surface area contributed by atoms with Gasteiger partial charge in [0.25, 0.3) is 5.91 Å². The third kappa shape index (κ3) is 4.15. The Labute approximate surface area is 147 Å². The number of hydrogen-bond donors (Lipinski definition) is 1. The Bertz CT molecular complexity index is 842. The van der Waals surface area contributed by atoms with Gasteiger partial charge in [0.05, 0.1) is 23.5 Å². The molecule has 2 aromatic heterocycles. The van der Waals surface area contributed by atoms with E-state index in [1.54, 1.807) is 34.0 Å². The largest absolute Gasteiger partial charge is 0.307 e. The highest BCUT2D eigenvalue weighted by Crippen LogP contribution is 2.15. The SMILES string of the molecule is CC(C)(C)n1cc(C(=O)Nc2ccnn2CCc2ccccc2)cn1. The van der Waals surface area contributed by atoms with Crippen molar-refractivity contribution >= 4 is 11.7 Å². The Morgan fingerprint density at radius 1 is 1.12 bits per heavy atom. The summed E-state index contributed by atoms with van der Waals surface area (Å²) in [7, 11) is 0. The van der Waals surface area contributed by atoms with Crippen LogP contribution in [0.5, 0.6) is 0 Å². The summed E-state index contributed by atoms with van der Waals surface area (Å²) in [6.45, 7) is 6.83. The zero-order valence-electron chi connectivity index (χ0n) is 14.8. The van der Waals surface area contributed by atoms with E-state index in [1.807, 2.05) is 39.0 Å². The molecule has 6 nitrogen and oxygen atoms in total. The molecule has 3 rings (SSSR count). The van der Waals surface area contributed by atoms with Crippen molar-refractivity contribution in [3.8, 4) is 0 Å². The smallest absolute Gasteiger partial charge is 0.259 e. The molecule has 1 aromatic carbocycles. The summed E-state index contributed by atoms with van der Waals surface area (Å²) in [6, 6.07) is 12.0. The van der Waals surface area contributed by atoms with Gasteiger partial charge in [-0.15, -0.1) is 0 Å². The average molecular weight is 337 g/mol. The van der Waals surface area contributed by atoms with Gasteiger partial charge in [-0.1, -0.05) is 30.3 Å². The van der Waals surface area contributed by atoms with Crippen LogP contribution in [-0.2, 0) is 18.5 Å². The van der Waals surface area contributed by atoms with Crippen LogP contribution < -0.4 is 5.32 Å². The van der Waals surface area contributed by atoms with Crippen LogP contribution in [0.15, 0.2) is 55.0 Å². The summed E-state index contributed by atoms with van der Waals surface area (Å²) in [5.41, 5.74) is 1.61. The Morgan fingerprint density at radius 3 is 2.56 bits per heavy atom. The zero-order chi connectivity index (χ0) is 17.9. The topological polar surface area (TPSA) is 64.7 Å². The molecule has 0 bridgehead atoms. The molecule has 1 N–H and O–H groups in total. The first-order valence-corrected chi connectivity index (χ1v) is 8.36. The van der Waals surface area contributed by atoms with Crippen LogP contribution >= 0.6 is 0 Å². The highest BCUT2D eigenvalue weighted by Gasteiger charge is 2.17. The van der Waals surface area contributed by atoms with E-state index in [2.05, 4.69) is 27.6 Å². The van der Waals surface area contributed by atoms with Gasteiger partial charge in [0.1, 0.15) is 5.82 Å². The molecule has 1 amide bonds. The normalized spacial score (nSPS) is 11.5. The Kier molecular flexibility index (Phi) is 4.70. The first-order chi connectivity index (χ1) is 11.9. The molecule has 0 fully saturated rings. The molecule has 0 saturated heterocycles. The number of anilines is 1. The molecule has 0 unspecified atom stereocenters. The number of benzene rings is 1. The van der Waals surface area contributed by atoms with E-state index < -0.39 is 0 Å². The van der Waals surface area contributed by atoms with E-state index in [-0.39, 0.29) is 11.4 Å². The van der Waals surface area contributed by atoms with Crippen molar-refractivity contribution in [2.24, 2.45) is 0 Å². The second-order valence-electron chi connectivity index (χ2n) is 6.97. The van der Waals surface area contributed by atoms with E-state index in [9.17, 15) is 4.79 Å². The maximum absolute atomic E-state index is 12.5. The number of aryl methyl sites for hydroxylation is 2. The summed E-state index contributed by atoms with van der Waals surface area (Å²) in [6.07, 6.45) is 5.90. The molecule has 6 heteroatoms. The van der Waals surface area contributed by atoms with Crippen LogP contribution in [0.2, 0.25) is 0 Å². The predicted octanol–water partition coefficient (Wildman–Crippen LogP) is 3.33. The average Bonchev–Trinajstić information content (AvgIpc) is 3.23. The third-order valence-corrected chi connectivity index (χ3v) is 3.95. The fraction of sp³-hybridized carbons (Fsp3) is 0.316. The molecule has 2 heterocycles. The van der Waals surface area contributed by atoms with E-state index >= 15 is 0 Å². The van der Waals surface area contributed by atoms with E-state index in [4.69, 9.17) is 0 Å². The fourth-order valence-electron chi connectivity index (χ4n) is 2.49. The van der Waals surface area contributed by atoms with Crippen LogP contribution in [0.3, 0.4) is 0 Å². The fourth-order valence-corrected chi connectivity index (χ4v) is 2.49. The van der Waals surface area contributed by atoms with Crippen molar-refractivity contribution in [1.29, 1.82) is 0 Å². The molecule has 0 atom stereocenters. The van der Waals surface area contributed by atoms with Gasteiger partial charge in [-0.3, -0.25) is 9.48 Å². The summed E-state index contributed by atoms with van der Waals surface area (Å²) >= 11 is 0. The Balaban J connectivity index is 1.66. The zero-order valence-corrected chi connectivity index (χ0v) is 14.8. The number of carbonyl (C=O) groups is 1. The molecule has 130 valence electrons. The van der Waals surface area contributed by atoms with Crippen LogP contribution in [0.25, 0.3) is 0 Å². The number of carbonyl (C=O) groups excluding carboxylic acids is 1.